The van der Waals surface area contributed by atoms with Crippen LogP contribution in [0.4, 0.5) is 0 Å². The molecule has 2 N–H and O–H groups in total. The number of allylic oxidation sites excluding steroid dienone is 1. The predicted octanol–water partition coefficient (Wildman–Crippen LogP) is 2.96. The summed E-state index contributed by atoms with van der Waals surface area (Å²) in [5.41, 5.74) is 1.25. The van der Waals surface area contributed by atoms with E-state index in [4.69, 9.17) is 5.11 Å². The lowest BCUT2D eigenvalue weighted by molar-refractivity contribution is -0.136. The maximum absolute atomic E-state index is 10.2. The van der Waals surface area contributed by atoms with Crippen molar-refractivity contribution in [2.75, 3.05) is 7.11 Å². The van der Waals surface area contributed by atoms with Crippen LogP contribution in [-0.2, 0) is 14.3 Å². The van der Waals surface area contributed by atoms with E-state index >= 15 is 0 Å². The minimum absolute atomic E-state index is 0.0846. The van der Waals surface area contributed by atoms with Gasteiger partial charge in [0.25, 0.3) is 0 Å². The van der Waals surface area contributed by atoms with Crippen molar-refractivity contribution in [2.24, 2.45) is 0 Å². The van der Waals surface area contributed by atoms with Crippen molar-refractivity contribution in [1.29, 1.82) is 0 Å². The third-order valence-electron chi connectivity index (χ3n) is 2.04. The molecule has 1 aromatic carbocycles. The van der Waals surface area contributed by atoms with Crippen LogP contribution in [0.1, 0.15) is 12.5 Å². The van der Waals surface area contributed by atoms with Crippen LogP contribution in [0.3, 0.4) is 0 Å². The van der Waals surface area contributed by atoms with E-state index in [1.807, 2.05) is 30.3 Å². The van der Waals surface area contributed by atoms with Gasteiger partial charge in [-0.25, -0.2) is 9.59 Å². The summed E-state index contributed by atoms with van der Waals surface area (Å²) in [7, 11) is 1.33. The molecule has 0 aromatic heterocycles. The molecule has 0 spiro atoms. The van der Waals surface area contributed by atoms with Gasteiger partial charge in [0.2, 0.25) is 0 Å². The lowest BCUT2D eigenvalue weighted by Gasteiger charge is -1.92. The highest BCUT2D eigenvalue weighted by Gasteiger charge is 1.95. The maximum Gasteiger partial charge on any atom is 0.332 e. The number of rotatable bonds is 4. The fourth-order valence-electron chi connectivity index (χ4n) is 1.10. The van der Waals surface area contributed by atoms with Crippen LogP contribution < -0.4 is 0 Å². The zero-order valence-electron chi connectivity index (χ0n) is 11.9. The molecule has 1 rings (SSSR count). The first kappa shape index (κ1) is 18.2. The van der Waals surface area contributed by atoms with Crippen LogP contribution in [0.2, 0.25) is 0 Å². The number of carbonyl (C=O) groups is 2. The van der Waals surface area contributed by atoms with E-state index in [0.717, 1.165) is 17.7 Å². The normalized spacial score (nSPS) is 10.5. The largest absolute Gasteiger partial charge is 0.508 e. The number of hydrogen-bond acceptors (Lipinski definition) is 4. The number of esters is 1. The van der Waals surface area contributed by atoms with Crippen molar-refractivity contribution >= 4 is 18.0 Å². The van der Waals surface area contributed by atoms with E-state index in [0.29, 0.717) is 5.57 Å². The van der Waals surface area contributed by atoms with E-state index in [2.05, 4.69) is 11.3 Å². The lowest BCUT2D eigenvalue weighted by Crippen LogP contribution is -1.98. The zero-order chi connectivity index (χ0) is 16.3. The Kier molecular flexibility index (Phi) is 8.68. The predicted molar refractivity (Wildman–Crippen MR) is 80.7 cm³/mol. The highest BCUT2D eigenvalue weighted by Crippen LogP contribution is 2.04. The Morgan fingerprint density at radius 3 is 2.10 bits per heavy atom. The number of aliphatic carboxylic acids is 1. The molecule has 0 atom stereocenters. The molecule has 0 aliphatic carbocycles. The number of aliphatic hydroxyl groups is 1. The van der Waals surface area contributed by atoms with Crippen LogP contribution in [0, 0.1) is 0 Å². The minimum Gasteiger partial charge on any atom is -0.508 e. The molecule has 1 aromatic rings. The van der Waals surface area contributed by atoms with Crippen molar-refractivity contribution in [2.45, 2.75) is 6.92 Å². The number of aliphatic hydroxyl groups excluding tert-OH is 1. The summed E-state index contributed by atoms with van der Waals surface area (Å²) < 4.78 is 4.27. The smallest absolute Gasteiger partial charge is 0.332 e. The summed E-state index contributed by atoms with van der Waals surface area (Å²) in [5, 5.41) is 17.6. The summed E-state index contributed by atoms with van der Waals surface area (Å²) in [6.45, 7) is 4.95. The Balaban J connectivity index is 0.000000486. The van der Waals surface area contributed by atoms with E-state index in [9.17, 15) is 14.7 Å². The van der Waals surface area contributed by atoms with Gasteiger partial charge in [-0.3, -0.25) is 0 Å². The van der Waals surface area contributed by atoms with Crippen molar-refractivity contribution in [3.63, 3.8) is 0 Å². The molecule has 0 amide bonds. The summed E-state index contributed by atoms with van der Waals surface area (Å²) in [5.74, 6) is -1.52. The van der Waals surface area contributed by atoms with Gasteiger partial charge < -0.3 is 14.9 Å². The Morgan fingerprint density at radius 1 is 1.14 bits per heavy atom. The lowest BCUT2D eigenvalue weighted by atomic mass is 10.2. The number of carboxylic acid groups (broad SMARTS) is 1. The molecule has 5 nitrogen and oxygen atoms in total. The minimum atomic E-state index is -1.09. The molecule has 5 heteroatoms. The highest BCUT2D eigenvalue weighted by atomic mass is 16.5. The number of methoxy groups -OCH3 is 1. The number of ether oxygens (including phenoxy) is 1. The Labute approximate surface area is 123 Å². The van der Waals surface area contributed by atoms with Gasteiger partial charge in [0.15, 0.2) is 0 Å². The fourth-order valence-corrected chi connectivity index (χ4v) is 1.10. The van der Waals surface area contributed by atoms with E-state index in [1.54, 1.807) is 6.92 Å². The molecule has 0 fully saturated rings. The SMILES string of the molecule is C=C(C)C(=O)OC.O=C(O)C=CC(O)=Cc1ccccc1. The van der Waals surface area contributed by atoms with Crippen LogP contribution >= 0.6 is 0 Å². The second-order valence-electron chi connectivity index (χ2n) is 3.92. The van der Waals surface area contributed by atoms with Gasteiger partial charge in [-0.1, -0.05) is 36.9 Å². The molecular formula is C16H18O5. The Morgan fingerprint density at radius 2 is 1.71 bits per heavy atom. The van der Waals surface area contributed by atoms with Crippen molar-refractivity contribution in [1.82, 2.24) is 0 Å². The first-order valence-corrected chi connectivity index (χ1v) is 5.97. The van der Waals surface area contributed by atoms with E-state index in [1.165, 1.54) is 13.2 Å². The average molecular weight is 290 g/mol. The van der Waals surface area contributed by atoms with Gasteiger partial charge in [0.05, 0.1) is 7.11 Å². The van der Waals surface area contributed by atoms with Crippen molar-refractivity contribution in [3.8, 4) is 0 Å². The second-order valence-corrected chi connectivity index (χ2v) is 3.92. The summed E-state index contributed by atoms with van der Waals surface area (Å²) in [6.07, 6.45) is 3.50. The number of carbonyl (C=O) groups excluding carboxylic acids is 1. The number of carboxylic acids is 1. The van der Waals surface area contributed by atoms with Crippen molar-refractivity contribution < 1.29 is 24.5 Å². The van der Waals surface area contributed by atoms with Crippen LogP contribution in [-0.4, -0.2) is 29.3 Å². The van der Waals surface area contributed by atoms with Gasteiger partial charge >= 0.3 is 11.9 Å². The molecule has 21 heavy (non-hydrogen) atoms. The molecule has 0 radical (unpaired) electrons. The zero-order valence-corrected chi connectivity index (χ0v) is 11.9. The molecule has 0 saturated heterocycles. The van der Waals surface area contributed by atoms with Gasteiger partial charge in [-0.15, -0.1) is 0 Å². The molecular weight excluding hydrogens is 272 g/mol. The van der Waals surface area contributed by atoms with Gasteiger partial charge in [-0.2, -0.15) is 0 Å². The summed E-state index contributed by atoms with van der Waals surface area (Å²) >= 11 is 0. The van der Waals surface area contributed by atoms with E-state index in [-0.39, 0.29) is 11.7 Å². The molecule has 0 bridgehead atoms. The molecule has 0 unspecified atom stereocenters. The number of hydrogen-bond donors (Lipinski definition) is 2. The molecule has 0 aliphatic heterocycles. The average Bonchev–Trinajstić information content (AvgIpc) is 2.46. The fraction of sp³-hybridized carbons (Fsp3) is 0.125. The molecule has 0 saturated carbocycles. The summed E-state index contributed by atoms with van der Waals surface area (Å²) in [6, 6.07) is 9.15. The van der Waals surface area contributed by atoms with Crippen LogP contribution in [0.25, 0.3) is 6.08 Å². The third kappa shape index (κ3) is 9.72. The van der Waals surface area contributed by atoms with E-state index < -0.39 is 5.97 Å². The Bertz CT molecular complexity index is 541. The van der Waals surface area contributed by atoms with Gasteiger partial charge in [0, 0.05) is 11.6 Å². The first-order valence-electron chi connectivity index (χ1n) is 5.97. The topological polar surface area (TPSA) is 83.8 Å². The number of benzene rings is 1. The summed E-state index contributed by atoms with van der Waals surface area (Å²) in [4.78, 5) is 20.3. The first-order chi connectivity index (χ1) is 9.86. The maximum atomic E-state index is 10.2. The standard InChI is InChI=1S/C11H10O3.C5H8O2/c12-10(6-7-11(13)14)8-9-4-2-1-3-5-9;1-4(2)5(6)7-3/h1-8,12H,(H,13,14);1H2,2-3H3. The van der Waals surface area contributed by atoms with Gasteiger partial charge in [0.1, 0.15) is 5.76 Å². The van der Waals surface area contributed by atoms with Crippen LogP contribution in [0.15, 0.2) is 60.4 Å². The molecule has 112 valence electrons. The quantitative estimate of drug-likeness (QED) is 0.385. The Hall–Kier alpha value is -2.82. The third-order valence-corrected chi connectivity index (χ3v) is 2.04. The monoisotopic (exact) mass is 290 g/mol. The molecule has 0 heterocycles. The van der Waals surface area contributed by atoms with Crippen LogP contribution in [0.5, 0.6) is 0 Å². The van der Waals surface area contributed by atoms with Gasteiger partial charge in [-0.05, 0) is 24.6 Å². The molecule has 0 aliphatic rings. The second kappa shape index (κ2) is 10.0. The van der Waals surface area contributed by atoms with Crippen molar-refractivity contribution in [3.05, 3.63) is 66.0 Å². The highest BCUT2D eigenvalue weighted by molar-refractivity contribution is 5.86.